The van der Waals surface area contributed by atoms with Crippen LogP contribution in [-0.2, 0) is 9.53 Å². The number of hydrogen-bond donors (Lipinski definition) is 1. The molecule has 1 saturated heterocycles. The third-order valence-corrected chi connectivity index (χ3v) is 4.74. The van der Waals surface area contributed by atoms with E-state index in [-0.39, 0.29) is 17.5 Å². The number of carbonyl (C=O) groups excluding carboxylic acids is 2. The topological polar surface area (TPSA) is 58.6 Å². The van der Waals surface area contributed by atoms with Gasteiger partial charge in [0.15, 0.2) is 0 Å². The Bertz CT molecular complexity index is 760. The van der Waals surface area contributed by atoms with Crippen molar-refractivity contribution in [1.82, 2.24) is 10.2 Å². The van der Waals surface area contributed by atoms with E-state index in [1.165, 1.54) is 11.3 Å². The number of thiophene rings is 1. The summed E-state index contributed by atoms with van der Waals surface area (Å²) in [7, 11) is 0. The Morgan fingerprint density at radius 2 is 1.88 bits per heavy atom. The highest BCUT2D eigenvalue weighted by Gasteiger charge is 2.22. The molecule has 0 bridgehead atoms. The molecule has 2 aromatic rings. The van der Waals surface area contributed by atoms with Gasteiger partial charge in [0.05, 0.1) is 13.2 Å². The number of morpholine rings is 1. The van der Waals surface area contributed by atoms with E-state index in [9.17, 15) is 9.59 Å². The van der Waals surface area contributed by atoms with Crippen LogP contribution in [0.1, 0.15) is 20.8 Å². The fraction of sp³-hybridized carbons (Fsp3) is 0.263. The highest BCUT2D eigenvalue weighted by Crippen LogP contribution is 2.15. The maximum Gasteiger partial charge on any atom is 0.270 e. The average molecular weight is 356 g/mol. The van der Waals surface area contributed by atoms with Crippen molar-refractivity contribution in [2.45, 2.75) is 6.92 Å². The van der Waals surface area contributed by atoms with E-state index in [1.807, 2.05) is 36.6 Å². The molecule has 2 heterocycles. The van der Waals surface area contributed by atoms with Crippen molar-refractivity contribution in [3.8, 4) is 0 Å². The summed E-state index contributed by atoms with van der Waals surface area (Å²) in [6.45, 7) is 4.06. The van der Waals surface area contributed by atoms with Crippen LogP contribution in [0.5, 0.6) is 0 Å². The zero-order valence-electron chi connectivity index (χ0n) is 14.0. The maximum atomic E-state index is 12.8. The van der Waals surface area contributed by atoms with Crippen LogP contribution in [0, 0.1) is 6.92 Å². The second-order valence-electron chi connectivity index (χ2n) is 5.80. The quantitative estimate of drug-likeness (QED) is 0.857. The largest absolute Gasteiger partial charge is 0.378 e. The molecule has 0 atom stereocenters. The first-order valence-electron chi connectivity index (χ1n) is 8.14. The summed E-state index contributed by atoms with van der Waals surface area (Å²) in [4.78, 5) is 28.0. The number of ether oxygens (including phenoxy) is 1. The molecular formula is C19H20N2O3S. The van der Waals surface area contributed by atoms with Crippen molar-refractivity contribution in [2.75, 3.05) is 26.3 Å². The van der Waals surface area contributed by atoms with Gasteiger partial charge in [-0.15, -0.1) is 11.3 Å². The Labute approximate surface area is 150 Å². The Balaban J connectivity index is 1.82. The third kappa shape index (κ3) is 4.55. The van der Waals surface area contributed by atoms with Gasteiger partial charge in [0.1, 0.15) is 5.70 Å². The van der Waals surface area contributed by atoms with Gasteiger partial charge in [-0.05, 0) is 36.6 Å². The lowest BCUT2D eigenvalue weighted by atomic mass is 10.1. The summed E-state index contributed by atoms with van der Waals surface area (Å²) in [6, 6.07) is 11.1. The van der Waals surface area contributed by atoms with Gasteiger partial charge in [-0.2, -0.15) is 0 Å². The van der Waals surface area contributed by atoms with Gasteiger partial charge in [-0.1, -0.05) is 23.8 Å². The highest BCUT2D eigenvalue weighted by atomic mass is 32.1. The van der Waals surface area contributed by atoms with Crippen LogP contribution in [0.4, 0.5) is 0 Å². The lowest BCUT2D eigenvalue weighted by Gasteiger charge is -2.27. The SMILES string of the molecule is Cc1ccc(C(=O)NC(=Cc2cccs2)C(=O)N2CCOCC2)cc1. The monoisotopic (exact) mass is 356 g/mol. The zero-order valence-corrected chi connectivity index (χ0v) is 14.8. The number of amides is 2. The summed E-state index contributed by atoms with van der Waals surface area (Å²) < 4.78 is 5.30. The fourth-order valence-corrected chi connectivity index (χ4v) is 3.16. The van der Waals surface area contributed by atoms with E-state index in [0.29, 0.717) is 31.9 Å². The van der Waals surface area contributed by atoms with Crippen molar-refractivity contribution >= 4 is 29.2 Å². The van der Waals surface area contributed by atoms with Crippen LogP contribution >= 0.6 is 11.3 Å². The Kier molecular flexibility index (Phi) is 5.63. The number of rotatable bonds is 4. The van der Waals surface area contributed by atoms with Gasteiger partial charge in [0, 0.05) is 23.5 Å². The normalized spacial score (nSPS) is 15.1. The van der Waals surface area contributed by atoms with Crippen molar-refractivity contribution in [3.05, 3.63) is 63.5 Å². The molecule has 1 aliphatic heterocycles. The Hall–Kier alpha value is -2.44. The van der Waals surface area contributed by atoms with Crippen LogP contribution < -0.4 is 5.32 Å². The summed E-state index contributed by atoms with van der Waals surface area (Å²) in [5.41, 5.74) is 1.89. The standard InChI is InChI=1S/C19H20N2O3S/c1-14-4-6-15(7-5-14)18(22)20-17(13-16-3-2-12-25-16)19(23)21-8-10-24-11-9-21/h2-7,12-13H,8-11H2,1H3,(H,20,22). The smallest absolute Gasteiger partial charge is 0.270 e. The molecule has 3 rings (SSSR count). The highest BCUT2D eigenvalue weighted by molar-refractivity contribution is 7.10. The molecule has 0 saturated carbocycles. The van der Waals surface area contributed by atoms with Gasteiger partial charge in [0.2, 0.25) is 0 Å². The summed E-state index contributed by atoms with van der Waals surface area (Å²) in [6.07, 6.45) is 1.73. The molecule has 1 aliphatic rings. The first kappa shape index (κ1) is 17.4. The third-order valence-electron chi connectivity index (χ3n) is 3.92. The molecule has 1 aromatic carbocycles. The number of nitrogens with zero attached hydrogens (tertiary/aromatic N) is 1. The number of benzene rings is 1. The number of aryl methyl sites for hydroxylation is 1. The van der Waals surface area contributed by atoms with Gasteiger partial charge in [-0.3, -0.25) is 9.59 Å². The minimum Gasteiger partial charge on any atom is -0.378 e. The van der Waals surface area contributed by atoms with E-state index in [2.05, 4.69) is 5.32 Å². The van der Waals surface area contributed by atoms with E-state index in [1.54, 1.807) is 23.1 Å². The molecule has 0 spiro atoms. The summed E-state index contributed by atoms with van der Waals surface area (Å²) in [5.74, 6) is -0.471. The van der Waals surface area contributed by atoms with Crippen molar-refractivity contribution in [3.63, 3.8) is 0 Å². The van der Waals surface area contributed by atoms with Gasteiger partial charge < -0.3 is 15.0 Å². The van der Waals surface area contributed by atoms with Crippen LogP contribution in [-0.4, -0.2) is 43.0 Å². The molecule has 130 valence electrons. The molecule has 1 fully saturated rings. The molecule has 1 N–H and O–H groups in total. The van der Waals surface area contributed by atoms with Crippen LogP contribution in [0.25, 0.3) is 6.08 Å². The van der Waals surface area contributed by atoms with Crippen LogP contribution in [0.15, 0.2) is 47.5 Å². The number of hydrogen-bond acceptors (Lipinski definition) is 4. The average Bonchev–Trinajstić information content (AvgIpc) is 3.15. The van der Waals surface area contributed by atoms with Crippen LogP contribution in [0.3, 0.4) is 0 Å². The molecule has 0 unspecified atom stereocenters. The lowest BCUT2D eigenvalue weighted by Crippen LogP contribution is -2.44. The second kappa shape index (κ2) is 8.09. The lowest BCUT2D eigenvalue weighted by molar-refractivity contribution is -0.131. The van der Waals surface area contributed by atoms with E-state index < -0.39 is 0 Å². The van der Waals surface area contributed by atoms with E-state index in [0.717, 1.165) is 10.4 Å². The van der Waals surface area contributed by atoms with Gasteiger partial charge in [0.25, 0.3) is 11.8 Å². The molecule has 6 heteroatoms. The van der Waals surface area contributed by atoms with E-state index >= 15 is 0 Å². The molecule has 0 radical (unpaired) electrons. The molecule has 0 aliphatic carbocycles. The summed E-state index contributed by atoms with van der Waals surface area (Å²) >= 11 is 1.52. The summed E-state index contributed by atoms with van der Waals surface area (Å²) in [5, 5.41) is 4.72. The fourth-order valence-electron chi connectivity index (χ4n) is 2.50. The number of nitrogens with one attached hydrogen (secondary N) is 1. The zero-order chi connectivity index (χ0) is 17.6. The van der Waals surface area contributed by atoms with Gasteiger partial charge in [-0.25, -0.2) is 0 Å². The molecule has 1 aromatic heterocycles. The van der Waals surface area contributed by atoms with Crippen molar-refractivity contribution < 1.29 is 14.3 Å². The first-order valence-corrected chi connectivity index (χ1v) is 9.02. The second-order valence-corrected chi connectivity index (χ2v) is 6.78. The minimum absolute atomic E-state index is 0.183. The first-order chi connectivity index (χ1) is 12.1. The van der Waals surface area contributed by atoms with Crippen molar-refractivity contribution in [2.24, 2.45) is 0 Å². The Morgan fingerprint density at radius 1 is 1.16 bits per heavy atom. The minimum atomic E-state index is -0.288. The molecule has 2 amide bonds. The van der Waals surface area contributed by atoms with Gasteiger partial charge >= 0.3 is 0 Å². The maximum absolute atomic E-state index is 12.8. The molecule has 5 nitrogen and oxygen atoms in total. The predicted molar refractivity (Wildman–Crippen MR) is 98.3 cm³/mol. The molecular weight excluding hydrogens is 336 g/mol. The van der Waals surface area contributed by atoms with Crippen molar-refractivity contribution in [1.29, 1.82) is 0 Å². The molecule has 25 heavy (non-hydrogen) atoms. The van der Waals surface area contributed by atoms with Crippen LogP contribution in [0.2, 0.25) is 0 Å². The number of carbonyl (C=O) groups is 2. The Morgan fingerprint density at radius 3 is 2.52 bits per heavy atom. The van der Waals surface area contributed by atoms with E-state index in [4.69, 9.17) is 4.74 Å². The predicted octanol–water partition coefficient (Wildman–Crippen LogP) is 2.69.